The second-order valence-corrected chi connectivity index (χ2v) is 12.2. The topological polar surface area (TPSA) is 31.2 Å². The van der Waals surface area contributed by atoms with Gasteiger partial charge in [-0.1, -0.05) is 37.7 Å². The van der Waals surface area contributed by atoms with Gasteiger partial charge < -0.3 is 4.74 Å². The van der Waals surface area contributed by atoms with Gasteiger partial charge >= 0.3 is 6.09 Å². The summed E-state index contributed by atoms with van der Waals surface area (Å²) in [6.45, 7) is 12.2. The Kier molecular flexibility index (Phi) is 4.21. The fourth-order valence-corrected chi connectivity index (χ4v) is 2.52. The molecular weight excluding hydrogens is 290 g/mol. The molecule has 1 aromatic heterocycles. The Morgan fingerprint density at radius 2 is 1.86 bits per heavy atom. The van der Waals surface area contributed by atoms with Gasteiger partial charge in [0.15, 0.2) is 0 Å². The van der Waals surface area contributed by atoms with E-state index in [4.69, 9.17) is 4.74 Å². The Labute approximate surface area is 133 Å². The Hall–Kier alpha value is -1.99. The van der Waals surface area contributed by atoms with Crippen molar-refractivity contribution >= 4 is 25.1 Å². The minimum Gasteiger partial charge on any atom is -0.443 e. The largest absolute Gasteiger partial charge is 0.443 e. The molecule has 0 saturated heterocycles. The molecule has 0 aliphatic rings. The number of para-hydroxylation sites is 1. The fourth-order valence-electron chi connectivity index (χ4n) is 2.01. The molecule has 0 aliphatic heterocycles. The van der Waals surface area contributed by atoms with Crippen molar-refractivity contribution in [1.82, 2.24) is 4.57 Å². The molecule has 0 atom stereocenters. The molecule has 116 valence electrons. The van der Waals surface area contributed by atoms with E-state index in [1.165, 1.54) is 0 Å². The van der Waals surface area contributed by atoms with Gasteiger partial charge in [-0.3, -0.25) is 4.57 Å². The summed E-state index contributed by atoms with van der Waals surface area (Å²) < 4.78 is 7.03. The third-order valence-electron chi connectivity index (χ3n) is 2.87. The van der Waals surface area contributed by atoms with Crippen molar-refractivity contribution < 1.29 is 9.53 Å². The maximum absolute atomic E-state index is 12.4. The number of rotatable bonds is 0. The molecule has 0 radical (unpaired) electrons. The summed E-state index contributed by atoms with van der Waals surface area (Å²) in [7, 11) is -1.48. The zero-order chi connectivity index (χ0) is 16.5. The van der Waals surface area contributed by atoms with E-state index in [1.807, 2.05) is 45.0 Å². The van der Waals surface area contributed by atoms with Crippen LogP contribution in [0.5, 0.6) is 0 Å². The number of benzene rings is 1. The highest BCUT2D eigenvalue weighted by atomic mass is 28.3. The van der Waals surface area contributed by atoms with Crippen molar-refractivity contribution in [3.63, 3.8) is 0 Å². The molecule has 22 heavy (non-hydrogen) atoms. The predicted molar refractivity (Wildman–Crippen MR) is 93.8 cm³/mol. The zero-order valence-corrected chi connectivity index (χ0v) is 15.2. The lowest BCUT2D eigenvalue weighted by molar-refractivity contribution is 0.0544. The van der Waals surface area contributed by atoms with Crippen molar-refractivity contribution in [3.05, 3.63) is 36.0 Å². The van der Waals surface area contributed by atoms with E-state index >= 15 is 0 Å². The maximum Gasteiger partial charge on any atom is 0.419 e. The van der Waals surface area contributed by atoms with E-state index in [-0.39, 0.29) is 6.09 Å². The number of aromatic nitrogens is 1. The van der Waals surface area contributed by atoms with Gasteiger partial charge in [0.25, 0.3) is 0 Å². The molecule has 0 fully saturated rings. The van der Waals surface area contributed by atoms with Gasteiger partial charge in [-0.2, -0.15) is 0 Å². The minimum absolute atomic E-state index is 0.371. The van der Waals surface area contributed by atoms with E-state index in [2.05, 4.69) is 31.1 Å². The molecule has 0 spiro atoms. The monoisotopic (exact) mass is 313 g/mol. The number of hydrogen-bond acceptors (Lipinski definition) is 2. The van der Waals surface area contributed by atoms with Gasteiger partial charge in [0.05, 0.1) is 5.52 Å². The van der Waals surface area contributed by atoms with Crippen molar-refractivity contribution in [2.45, 2.75) is 46.0 Å². The van der Waals surface area contributed by atoms with Crippen LogP contribution in [0.2, 0.25) is 19.6 Å². The first-order valence-electron chi connectivity index (χ1n) is 7.43. The smallest absolute Gasteiger partial charge is 0.419 e. The van der Waals surface area contributed by atoms with Gasteiger partial charge in [-0.05, 0) is 32.9 Å². The third-order valence-corrected chi connectivity index (χ3v) is 3.75. The number of fused-ring (bicyclic) bond motifs is 1. The summed E-state index contributed by atoms with van der Waals surface area (Å²) in [6, 6.07) is 7.82. The molecule has 3 nitrogen and oxygen atoms in total. The highest BCUT2D eigenvalue weighted by Gasteiger charge is 2.20. The molecule has 2 rings (SSSR count). The molecule has 0 bridgehead atoms. The summed E-state index contributed by atoms with van der Waals surface area (Å²) >= 11 is 0. The van der Waals surface area contributed by atoms with Crippen LogP contribution in [0, 0.1) is 11.5 Å². The van der Waals surface area contributed by atoms with Crippen LogP contribution in [0.3, 0.4) is 0 Å². The average molecular weight is 313 g/mol. The molecule has 0 aliphatic carbocycles. The lowest BCUT2D eigenvalue weighted by Crippen LogP contribution is -2.26. The quantitative estimate of drug-likeness (QED) is 0.523. The third kappa shape index (κ3) is 4.02. The summed E-state index contributed by atoms with van der Waals surface area (Å²) in [5.74, 6) is 3.25. The molecule has 1 heterocycles. The van der Waals surface area contributed by atoms with E-state index in [1.54, 1.807) is 10.8 Å². The number of hydrogen-bond donors (Lipinski definition) is 0. The first-order chi connectivity index (χ1) is 10.1. The molecule has 1 aromatic carbocycles. The number of nitrogens with zero attached hydrogens (tertiary/aromatic N) is 1. The average Bonchev–Trinajstić information content (AvgIpc) is 2.77. The molecule has 0 unspecified atom stereocenters. The normalized spacial score (nSPS) is 11.9. The highest BCUT2D eigenvalue weighted by molar-refractivity contribution is 6.83. The van der Waals surface area contributed by atoms with Crippen LogP contribution in [0.25, 0.3) is 10.9 Å². The van der Waals surface area contributed by atoms with Crippen LogP contribution in [-0.2, 0) is 4.74 Å². The summed E-state index contributed by atoms with van der Waals surface area (Å²) in [6.07, 6.45) is 1.38. The van der Waals surface area contributed by atoms with Gasteiger partial charge in [0.1, 0.15) is 13.7 Å². The second kappa shape index (κ2) is 5.66. The Morgan fingerprint density at radius 1 is 1.18 bits per heavy atom. The highest BCUT2D eigenvalue weighted by Crippen LogP contribution is 2.21. The van der Waals surface area contributed by atoms with Crippen molar-refractivity contribution in [2.24, 2.45) is 0 Å². The summed E-state index contributed by atoms with van der Waals surface area (Å²) in [5, 5.41) is 0.994. The molecule has 0 amide bonds. The van der Waals surface area contributed by atoms with Crippen molar-refractivity contribution in [1.29, 1.82) is 0 Å². The van der Waals surface area contributed by atoms with Crippen LogP contribution >= 0.6 is 0 Å². The second-order valence-electron chi connectivity index (χ2n) is 7.41. The summed E-state index contributed by atoms with van der Waals surface area (Å²) in [5.41, 5.74) is 4.53. The molecule has 0 N–H and O–H groups in total. The number of ether oxygens (including phenoxy) is 1. The van der Waals surface area contributed by atoms with Gasteiger partial charge in [0.2, 0.25) is 0 Å². The molecule has 4 heteroatoms. The number of carbonyl (C=O) groups excluding carboxylic acids is 1. The van der Waals surface area contributed by atoms with Crippen LogP contribution in [0.1, 0.15) is 26.3 Å². The van der Waals surface area contributed by atoms with Crippen molar-refractivity contribution in [3.8, 4) is 11.5 Å². The minimum atomic E-state index is -1.48. The number of carbonyl (C=O) groups is 1. The Morgan fingerprint density at radius 3 is 2.45 bits per heavy atom. The van der Waals surface area contributed by atoms with Crippen LogP contribution in [0.4, 0.5) is 4.79 Å². The zero-order valence-electron chi connectivity index (χ0n) is 14.2. The predicted octanol–water partition coefficient (Wildman–Crippen LogP) is 4.65. The van der Waals surface area contributed by atoms with E-state index in [0.29, 0.717) is 0 Å². The van der Waals surface area contributed by atoms with Gasteiger partial charge in [0, 0.05) is 17.1 Å². The Bertz CT molecular complexity index is 764. The van der Waals surface area contributed by atoms with Crippen LogP contribution < -0.4 is 0 Å². The molecular formula is C18H23NO2Si. The van der Waals surface area contributed by atoms with Crippen molar-refractivity contribution in [2.75, 3.05) is 0 Å². The van der Waals surface area contributed by atoms with Gasteiger partial charge in [-0.15, -0.1) is 5.54 Å². The maximum atomic E-state index is 12.4. The first-order valence-corrected chi connectivity index (χ1v) is 10.9. The fraction of sp³-hybridized carbons (Fsp3) is 0.389. The van der Waals surface area contributed by atoms with Gasteiger partial charge in [-0.25, -0.2) is 4.79 Å². The van der Waals surface area contributed by atoms with E-state index in [9.17, 15) is 4.79 Å². The molecule has 0 saturated carbocycles. The summed E-state index contributed by atoms with van der Waals surface area (Å²) in [4.78, 5) is 12.4. The van der Waals surface area contributed by atoms with E-state index < -0.39 is 13.7 Å². The van der Waals surface area contributed by atoms with E-state index in [0.717, 1.165) is 16.5 Å². The van der Waals surface area contributed by atoms with Crippen LogP contribution in [-0.4, -0.2) is 24.3 Å². The van der Waals surface area contributed by atoms with Crippen LogP contribution in [0.15, 0.2) is 30.5 Å². The molecule has 2 aromatic rings. The first kappa shape index (κ1) is 16.4. The standard InChI is InChI=1S/C18H23NO2Si/c1-18(2,3)21-17(20)19-12-10-14-8-7-9-15(16(14)19)11-13-22(4,5)6/h7-10,12H,1-6H3. The lowest BCUT2D eigenvalue weighted by Gasteiger charge is -2.20. The lowest BCUT2D eigenvalue weighted by atomic mass is 10.1. The Balaban J connectivity index is 2.53. The SMILES string of the molecule is CC(C)(C)OC(=O)n1ccc2cccc(C#C[Si](C)(C)C)c21.